The lowest BCUT2D eigenvalue weighted by molar-refractivity contribution is -0.236. The molecule has 7 nitrogen and oxygen atoms in total. The summed E-state index contributed by atoms with van der Waals surface area (Å²) in [6.07, 6.45) is -11.1. The predicted molar refractivity (Wildman–Crippen MR) is 168 cm³/mol. The number of halogens is 7. The van der Waals surface area contributed by atoms with Gasteiger partial charge in [-0.05, 0) is 59.3 Å². The molecular formula is C35H33F7N4O3. The minimum atomic E-state index is -5.12. The molecule has 0 unspecified atom stereocenters. The van der Waals surface area contributed by atoms with Gasteiger partial charge in [-0.3, -0.25) is 19.6 Å². The number of carbonyl (C=O) groups is 2. The number of rotatable bonds is 9. The van der Waals surface area contributed by atoms with Gasteiger partial charge in [0.25, 0.3) is 0 Å². The van der Waals surface area contributed by atoms with Crippen molar-refractivity contribution in [2.75, 3.05) is 32.7 Å². The Hall–Kier alpha value is -4.30. The van der Waals surface area contributed by atoms with Crippen molar-refractivity contribution in [1.82, 2.24) is 20.1 Å². The molecule has 2 saturated heterocycles. The van der Waals surface area contributed by atoms with Crippen LogP contribution in [-0.4, -0.2) is 89.1 Å². The van der Waals surface area contributed by atoms with Crippen LogP contribution in [0.3, 0.4) is 0 Å². The number of hydrogen-bond acceptors (Lipinski definition) is 5. The minimum absolute atomic E-state index is 0.353. The molecule has 2 aliphatic heterocycles. The number of aromatic nitrogens is 1. The summed E-state index contributed by atoms with van der Waals surface area (Å²) in [6.45, 7) is -1.35. The zero-order valence-corrected chi connectivity index (χ0v) is 26.1. The molecule has 1 atom stereocenters. The maximum atomic E-state index is 14.4. The maximum absolute atomic E-state index is 14.4. The van der Waals surface area contributed by atoms with Gasteiger partial charge in [0.05, 0.1) is 12.2 Å². The van der Waals surface area contributed by atoms with Crippen LogP contribution in [0.2, 0.25) is 0 Å². The number of amides is 1. The third-order valence-corrected chi connectivity index (χ3v) is 9.59. The maximum Gasteiger partial charge on any atom is 0.403 e. The fourth-order valence-corrected chi connectivity index (χ4v) is 6.96. The lowest BCUT2D eigenvalue weighted by Gasteiger charge is -2.42. The van der Waals surface area contributed by atoms with Crippen LogP contribution in [0.15, 0.2) is 66.9 Å². The smallest absolute Gasteiger partial charge is 0.403 e. The molecule has 0 radical (unpaired) electrons. The molecule has 2 aliphatic rings. The first kappa shape index (κ1) is 34.6. The van der Waals surface area contributed by atoms with Crippen LogP contribution in [0.5, 0.6) is 0 Å². The summed E-state index contributed by atoms with van der Waals surface area (Å²) < 4.78 is 95.1. The third kappa shape index (κ3) is 7.07. The highest BCUT2D eigenvalue weighted by Gasteiger charge is 2.61. The number of aliphatic carboxylic acids is 1. The molecule has 3 aromatic carbocycles. The lowest BCUT2D eigenvalue weighted by Crippen LogP contribution is -2.59. The molecular weight excluding hydrogens is 657 g/mol. The van der Waals surface area contributed by atoms with Crippen LogP contribution in [0.1, 0.15) is 24.0 Å². The van der Waals surface area contributed by atoms with Crippen molar-refractivity contribution in [2.24, 2.45) is 5.41 Å². The summed E-state index contributed by atoms with van der Waals surface area (Å²) in [4.78, 5) is 33.1. The first-order chi connectivity index (χ1) is 23.1. The molecule has 1 amide bonds. The molecule has 3 heterocycles. The highest BCUT2D eigenvalue weighted by Crippen LogP contribution is 2.47. The molecule has 6 rings (SSSR count). The Morgan fingerprint density at radius 3 is 2.10 bits per heavy atom. The predicted octanol–water partition coefficient (Wildman–Crippen LogP) is 6.53. The first-order valence-electron chi connectivity index (χ1n) is 15.8. The van der Waals surface area contributed by atoms with E-state index >= 15 is 0 Å². The fraction of sp³-hybridized carbons (Fsp3) is 0.400. The number of piperidine rings is 1. The summed E-state index contributed by atoms with van der Waals surface area (Å²) >= 11 is 0. The highest BCUT2D eigenvalue weighted by molar-refractivity contribution is 6.05. The molecule has 0 saturated carbocycles. The van der Waals surface area contributed by atoms with Crippen LogP contribution in [0.4, 0.5) is 30.7 Å². The van der Waals surface area contributed by atoms with E-state index in [-0.39, 0.29) is 6.42 Å². The molecule has 14 heteroatoms. The van der Waals surface area contributed by atoms with Gasteiger partial charge in [0.15, 0.2) is 0 Å². The van der Waals surface area contributed by atoms with E-state index in [0.717, 1.165) is 26.8 Å². The van der Waals surface area contributed by atoms with E-state index in [1.165, 1.54) is 0 Å². The number of fused-ring (bicyclic) bond motifs is 2. The molecule has 0 spiro atoms. The van der Waals surface area contributed by atoms with E-state index in [1.54, 1.807) is 30.5 Å². The van der Waals surface area contributed by atoms with Crippen LogP contribution in [0, 0.1) is 5.41 Å². The lowest BCUT2D eigenvalue weighted by atomic mass is 9.76. The largest absolute Gasteiger partial charge is 0.480 e. The van der Waals surface area contributed by atoms with Gasteiger partial charge in [-0.1, -0.05) is 54.6 Å². The summed E-state index contributed by atoms with van der Waals surface area (Å²) in [5.74, 6) is -3.13. The van der Waals surface area contributed by atoms with Gasteiger partial charge in [-0.25, -0.2) is 9.18 Å². The van der Waals surface area contributed by atoms with Crippen molar-refractivity contribution in [3.05, 3.63) is 78.0 Å². The Kier molecular flexibility index (Phi) is 9.31. The van der Waals surface area contributed by atoms with Crippen LogP contribution >= 0.6 is 0 Å². The van der Waals surface area contributed by atoms with Crippen molar-refractivity contribution in [3.8, 4) is 11.3 Å². The molecule has 1 aromatic heterocycles. The van der Waals surface area contributed by atoms with Crippen molar-refractivity contribution < 1.29 is 45.4 Å². The van der Waals surface area contributed by atoms with Crippen molar-refractivity contribution in [3.63, 3.8) is 0 Å². The Morgan fingerprint density at radius 1 is 0.857 bits per heavy atom. The van der Waals surface area contributed by atoms with Gasteiger partial charge >= 0.3 is 18.3 Å². The number of benzene rings is 3. The second kappa shape index (κ2) is 13.2. The van der Waals surface area contributed by atoms with Gasteiger partial charge in [-0.15, -0.1) is 0 Å². The molecule has 0 bridgehead atoms. The number of nitrogens with zero attached hydrogens (tertiary/aromatic N) is 3. The number of carboxylic acid groups (broad SMARTS) is 1. The van der Waals surface area contributed by atoms with Gasteiger partial charge in [-0.2, -0.15) is 26.3 Å². The minimum Gasteiger partial charge on any atom is -0.480 e. The Balaban J connectivity index is 1.28. The summed E-state index contributed by atoms with van der Waals surface area (Å²) in [6, 6.07) is 16.5. The topological polar surface area (TPSA) is 85.8 Å². The van der Waals surface area contributed by atoms with Crippen LogP contribution in [-0.2, 0) is 22.6 Å². The molecule has 0 aliphatic carbocycles. The first-order valence-corrected chi connectivity index (χ1v) is 15.8. The van der Waals surface area contributed by atoms with E-state index < -0.39 is 74.3 Å². The van der Waals surface area contributed by atoms with E-state index in [2.05, 4.69) is 10.3 Å². The SMILES string of the molecule is O=C(O)[C@H](Cc1cccc2c(-c3nccc4c(CN5CC(F)C5)cccc34)cccc12)NC(=O)C1(C(F)(F)F)CCN(CC(F)(F)F)CC1. The second-order valence-corrected chi connectivity index (χ2v) is 12.8. The number of pyridine rings is 1. The van der Waals surface area contributed by atoms with Crippen molar-refractivity contribution in [2.45, 2.75) is 50.4 Å². The number of alkyl halides is 7. The van der Waals surface area contributed by atoms with Crippen LogP contribution < -0.4 is 5.32 Å². The Morgan fingerprint density at radius 2 is 1.47 bits per heavy atom. The fourth-order valence-electron chi connectivity index (χ4n) is 6.96. The van der Waals surface area contributed by atoms with Crippen molar-refractivity contribution >= 4 is 33.4 Å². The van der Waals surface area contributed by atoms with Gasteiger partial charge in [0.1, 0.15) is 17.6 Å². The molecule has 2 fully saturated rings. The highest BCUT2D eigenvalue weighted by atomic mass is 19.4. The number of likely N-dealkylation sites (tertiary alicyclic amines) is 2. The zero-order chi connectivity index (χ0) is 35.1. The number of nitrogens with one attached hydrogen (secondary N) is 1. The normalized spacial score (nSPS) is 18.3. The summed E-state index contributed by atoms with van der Waals surface area (Å²) in [5, 5.41) is 15.2. The summed E-state index contributed by atoms with van der Waals surface area (Å²) in [5.41, 5.74) is -0.186. The Bertz CT molecular complexity index is 1870. The molecule has 2 N–H and O–H groups in total. The third-order valence-electron chi connectivity index (χ3n) is 9.59. The summed E-state index contributed by atoms with van der Waals surface area (Å²) in [7, 11) is 0. The van der Waals surface area contributed by atoms with Gasteiger partial charge < -0.3 is 10.4 Å². The number of hydrogen-bond donors (Lipinski definition) is 2. The Labute approximate surface area is 276 Å². The van der Waals surface area contributed by atoms with E-state index in [4.69, 9.17) is 0 Å². The monoisotopic (exact) mass is 690 g/mol. The molecule has 49 heavy (non-hydrogen) atoms. The standard InChI is InChI=1S/C35H33F7N4O3/c36-23-18-46(19-23)17-22-5-2-8-27-25(22)10-13-43-30(27)28-9-3-6-24-21(4-1-7-26(24)28)16-29(31(47)48)44-32(49)33(35(40,41)42)11-14-45(15-12-33)20-34(37,38)39/h1-10,13,23,29H,11-12,14-20H2,(H,44,49)(H,47,48)/t29-/m0/s1. The second-order valence-electron chi connectivity index (χ2n) is 12.8. The molecule has 4 aromatic rings. The quantitative estimate of drug-likeness (QED) is 0.195. The van der Waals surface area contributed by atoms with Crippen LogP contribution in [0.25, 0.3) is 32.8 Å². The van der Waals surface area contributed by atoms with E-state index in [0.29, 0.717) is 41.7 Å². The van der Waals surface area contributed by atoms with Gasteiger partial charge in [0.2, 0.25) is 5.91 Å². The zero-order valence-electron chi connectivity index (χ0n) is 26.1. The van der Waals surface area contributed by atoms with E-state index in [9.17, 15) is 45.4 Å². The average Bonchev–Trinajstić information content (AvgIpc) is 3.02. The van der Waals surface area contributed by atoms with Gasteiger partial charge in [0, 0.05) is 43.2 Å². The van der Waals surface area contributed by atoms with E-state index in [1.807, 2.05) is 41.3 Å². The molecule has 260 valence electrons. The van der Waals surface area contributed by atoms with Crippen molar-refractivity contribution in [1.29, 1.82) is 0 Å². The number of carboxylic acids is 1. The average molecular weight is 691 g/mol. The number of carbonyl (C=O) groups excluding carboxylic acids is 1.